The maximum atomic E-state index is 11.6. The van der Waals surface area contributed by atoms with Crippen LogP contribution in [-0.4, -0.2) is 21.1 Å². The van der Waals surface area contributed by atoms with Crippen molar-refractivity contribution in [1.82, 2.24) is 15.2 Å². The minimum Gasteiger partial charge on any atom is -0.326 e. The topological polar surface area (TPSA) is 96.7 Å². The van der Waals surface area contributed by atoms with E-state index in [-0.39, 0.29) is 18.3 Å². The van der Waals surface area contributed by atoms with Gasteiger partial charge in [0.05, 0.1) is 6.54 Å². The molecular weight excluding hydrogens is 290 g/mol. The van der Waals surface area contributed by atoms with Crippen LogP contribution in [0.1, 0.15) is 32.0 Å². The van der Waals surface area contributed by atoms with Crippen LogP contribution in [0.4, 0.5) is 5.69 Å². The average Bonchev–Trinajstić information content (AvgIpc) is 2.95. The van der Waals surface area contributed by atoms with E-state index in [2.05, 4.69) is 27.4 Å². The predicted octanol–water partition coefficient (Wildman–Crippen LogP) is 2.48. The number of carbonyl (C=O) groups excluding carboxylic acids is 1. The number of amides is 1. The van der Waals surface area contributed by atoms with Gasteiger partial charge in [-0.2, -0.15) is 5.10 Å². The van der Waals surface area contributed by atoms with Crippen LogP contribution in [-0.2, 0) is 11.3 Å². The molecule has 6 nitrogen and oxygen atoms in total. The van der Waals surface area contributed by atoms with Gasteiger partial charge in [-0.05, 0) is 30.7 Å². The Kier molecular flexibility index (Phi) is 6.84. The highest BCUT2D eigenvalue weighted by Gasteiger charge is 2.06. The minimum absolute atomic E-state index is 0. The quantitative estimate of drug-likeness (QED) is 0.763. The Hall–Kier alpha value is -1.92. The molecule has 114 valence electrons. The van der Waals surface area contributed by atoms with Gasteiger partial charge in [-0.25, -0.2) is 4.98 Å². The van der Waals surface area contributed by atoms with E-state index in [9.17, 15) is 4.79 Å². The van der Waals surface area contributed by atoms with E-state index in [4.69, 9.17) is 5.73 Å². The molecule has 1 amide bonds. The first kappa shape index (κ1) is 17.1. The second-order valence-corrected chi connectivity index (χ2v) is 4.54. The molecule has 0 aliphatic rings. The molecule has 0 saturated heterocycles. The number of halogens is 1. The number of rotatable bonds is 6. The van der Waals surface area contributed by atoms with E-state index in [1.165, 1.54) is 0 Å². The van der Waals surface area contributed by atoms with Crippen molar-refractivity contribution in [2.75, 3.05) is 5.32 Å². The molecule has 21 heavy (non-hydrogen) atoms. The normalized spacial score (nSPS) is 10.0. The van der Waals surface area contributed by atoms with Crippen LogP contribution in [0.2, 0.25) is 0 Å². The number of carbonyl (C=O) groups is 1. The Bertz CT molecular complexity index is 567. The molecule has 7 heteroatoms. The smallest absolute Gasteiger partial charge is 0.224 e. The van der Waals surface area contributed by atoms with Gasteiger partial charge >= 0.3 is 0 Å². The Morgan fingerprint density at radius 2 is 2.05 bits per heavy atom. The summed E-state index contributed by atoms with van der Waals surface area (Å²) in [5.74, 6) is 1.30. The molecule has 4 N–H and O–H groups in total. The summed E-state index contributed by atoms with van der Waals surface area (Å²) >= 11 is 0. The predicted molar refractivity (Wildman–Crippen MR) is 85.1 cm³/mol. The average molecular weight is 310 g/mol. The zero-order chi connectivity index (χ0) is 14.4. The van der Waals surface area contributed by atoms with Crippen molar-refractivity contribution in [2.45, 2.75) is 32.7 Å². The summed E-state index contributed by atoms with van der Waals surface area (Å²) in [5.41, 5.74) is 7.14. The maximum absolute atomic E-state index is 11.6. The van der Waals surface area contributed by atoms with E-state index in [1.54, 1.807) is 0 Å². The number of hydrogen-bond donors (Lipinski definition) is 3. The molecular formula is C14H20ClN5O. The van der Waals surface area contributed by atoms with Gasteiger partial charge in [0, 0.05) is 17.7 Å². The number of aromatic nitrogens is 3. The first-order valence-electron chi connectivity index (χ1n) is 6.74. The van der Waals surface area contributed by atoms with Gasteiger partial charge in [0.1, 0.15) is 5.82 Å². The van der Waals surface area contributed by atoms with Crippen LogP contribution >= 0.6 is 12.4 Å². The summed E-state index contributed by atoms with van der Waals surface area (Å²) in [6.07, 6.45) is 2.47. The zero-order valence-corrected chi connectivity index (χ0v) is 12.7. The van der Waals surface area contributed by atoms with Gasteiger partial charge in [0.15, 0.2) is 5.82 Å². The molecule has 0 radical (unpaired) electrons. The van der Waals surface area contributed by atoms with Crippen molar-refractivity contribution in [3.8, 4) is 11.4 Å². The van der Waals surface area contributed by atoms with Gasteiger partial charge in [0.25, 0.3) is 0 Å². The molecule has 0 aliphatic carbocycles. The summed E-state index contributed by atoms with van der Waals surface area (Å²) in [6, 6.07) is 7.44. The maximum Gasteiger partial charge on any atom is 0.224 e. The Morgan fingerprint density at radius 3 is 2.62 bits per heavy atom. The van der Waals surface area contributed by atoms with Crippen molar-refractivity contribution >= 4 is 24.0 Å². The van der Waals surface area contributed by atoms with Crippen molar-refractivity contribution in [2.24, 2.45) is 5.73 Å². The number of aromatic amines is 1. The lowest BCUT2D eigenvalue weighted by atomic mass is 10.2. The first-order valence-corrected chi connectivity index (χ1v) is 6.74. The van der Waals surface area contributed by atoms with Crippen LogP contribution in [0.25, 0.3) is 11.4 Å². The minimum atomic E-state index is 0. The molecule has 1 aromatic carbocycles. The molecule has 2 rings (SSSR count). The van der Waals surface area contributed by atoms with Gasteiger partial charge in [-0.15, -0.1) is 12.4 Å². The molecule has 0 bridgehead atoms. The van der Waals surface area contributed by atoms with E-state index >= 15 is 0 Å². The Morgan fingerprint density at radius 1 is 1.33 bits per heavy atom. The van der Waals surface area contributed by atoms with Crippen LogP contribution in [0.3, 0.4) is 0 Å². The lowest BCUT2D eigenvalue weighted by molar-refractivity contribution is -0.116. The van der Waals surface area contributed by atoms with E-state index in [0.717, 1.165) is 24.1 Å². The first-order chi connectivity index (χ1) is 9.72. The van der Waals surface area contributed by atoms with Crippen molar-refractivity contribution < 1.29 is 4.79 Å². The number of nitrogens with one attached hydrogen (secondary N) is 2. The number of unbranched alkanes of at least 4 members (excludes halogenated alkanes) is 1. The van der Waals surface area contributed by atoms with Crippen molar-refractivity contribution in [1.29, 1.82) is 0 Å². The third-order valence-corrected chi connectivity index (χ3v) is 2.91. The third kappa shape index (κ3) is 4.84. The van der Waals surface area contributed by atoms with Crippen LogP contribution in [0, 0.1) is 0 Å². The lowest BCUT2D eigenvalue weighted by Crippen LogP contribution is -2.10. The summed E-state index contributed by atoms with van der Waals surface area (Å²) in [7, 11) is 0. The Balaban J connectivity index is 0.00000220. The van der Waals surface area contributed by atoms with Gasteiger partial charge < -0.3 is 11.1 Å². The van der Waals surface area contributed by atoms with Gasteiger partial charge in [0.2, 0.25) is 5.91 Å². The fourth-order valence-corrected chi connectivity index (χ4v) is 1.78. The third-order valence-electron chi connectivity index (χ3n) is 2.91. The summed E-state index contributed by atoms with van der Waals surface area (Å²) in [6.45, 7) is 2.40. The molecule has 0 atom stereocenters. The fraction of sp³-hybridized carbons (Fsp3) is 0.357. The molecule has 0 fully saturated rings. The number of anilines is 1. The number of nitrogens with zero attached hydrogens (tertiary/aromatic N) is 2. The molecule has 1 aromatic heterocycles. The highest BCUT2D eigenvalue weighted by atomic mass is 35.5. The largest absolute Gasteiger partial charge is 0.326 e. The molecule has 0 spiro atoms. The van der Waals surface area contributed by atoms with Gasteiger partial charge in [-0.1, -0.05) is 13.3 Å². The number of hydrogen-bond acceptors (Lipinski definition) is 4. The number of benzene rings is 1. The van der Waals surface area contributed by atoms with E-state index < -0.39 is 0 Å². The zero-order valence-electron chi connectivity index (χ0n) is 11.9. The number of nitrogens with two attached hydrogens (primary N) is 1. The highest BCUT2D eigenvalue weighted by molar-refractivity contribution is 5.90. The lowest BCUT2D eigenvalue weighted by Gasteiger charge is -2.05. The summed E-state index contributed by atoms with van der Waals surface area (Å²) in [4.78, 5) is 15.9. The molecule has 1 heterocycles. The second-order valence-electron chi connectivity index (χ2n) is 4.54. The van der Waals surface area contributed by atoms with Crippen LogP contribution in [0.5, 0.6) is 0 Å². The Labute approximate surface area is 129 Å². The molecule has 2 aromatic rings. The van der Waals surface area contributed by atoms with Crippen molar-refractivity contribution in [3.63, 3.8) is 0 Å². The standard InChI is InChI=1S/C14H19N5O.ClH/c1-2-3-4-13(20)16-11-7-5-10(6-8-11)14-17-12(9-15)18-19-14;/h5-8H,2-4,9,15H2,1H3,(H,16,20)(H,17,18,19);1H. The molecule has 0 saturated carbocycles. The highest BCUT2D eigenvalue weighted by Crippen LogP contribution is 2.18. The van der Waals surface area contributed by atoms with Crippen molar-refractivity contribution in [3.05, 3.63) is 30.1 Å². The SMILES string of the molecule is CCCCC(=O)Nc1ccc(-c2n[nH]c(CN)n2)cc1.Cl. The number of H-pyrrole nitrogens is 1. The summed E-state index contributed by atoms with van der Waals surface area (Å²) < 4.78 is 0. The molecule has 0 aliphatic heterocycles. The fourth-order valence-electron chi connectivity index (χ4n) is 1.78. The summed E-state index contributed by atoms with van der Waals surface area (Å²) in [5, 5.41) is 9.72. The second kappa shape index (κ2) is 8.39. The molecule has 0 unspecified atom stereocenters. The van der Waals surface area contributed by atoms with Gasteiger partial charge in [-0.3, -0.25) is 9.89 Å². The van der Waals surface area contributed by atoms with Crippen LogP contribution < -0.4 is 11.1 Å². The van der Waals surface area contributed by atoms with E-state index in [0.29, 0.717) is 24.6 Å². The van der Waals surface area contributed by atoms with Crippen LogP contribution in [0.15, 0.2) is 24.3 Å². The monoisotopic (exact) mass is 309 g/mol. The van der Waals surface area contributed by atoms with E-state index in [1.807, 2.05) is 24.3 Å².